The van der Waals surface area contributed by atoms with E-state index in [1.165, 1.54) is 29.0 Å². The minimum atomic E-state index is -3.38. The van der Waals surface area contributed by atoms with Crippen molar-refractivity contribution in [3.63, 3.8) is 0 Å². The van der Waals surface area contributed by atoms with Gasteiger partial charge >= 0.3 is 5.97 Å². The van der Waals surface area contributed by atoms with Crippen LogP contribution in [-0.2, 0) is 21.2 Å². The zero-order valence-electron chi connectivity index (χ0n) is 14.2. The van der Waals surface area contributed by atoms with Gasteiger partial charge in [0.25, 0.3) is 0 Å². The first-order chi connectivity index (χ1) is 12.3. The summed E-state index contributed by atoms with van der Waals surface area (Å²) in [6.45, 7) is 1.38. The molecule has 2 heterocycles. The molecule has 1 aliphatic heterocycles. The summed E-state index contributed by atoms with van der Waals surface area (Å²) in [6.07, 6.45) is 5.71. The molecule has 0 N–H and O–H groups in total. The van der Waals surface area contributed by atoms with Crippen LogP contribution in [-0.4, -0.2) is 49.0 Å². The highest BCUT2D eigenvalue weighted by Crippen LogP contribution is 2.34. The van der Waals surface area contributed by atoms with Gasteiger partial charge in [-0.05, 0) is 37.1 Å². The lowest BCUT2D eigenvalue weighted by molar-refractivity contribution is 0.0468. The molecule has 0 fully saturated rings. The molecule has 0 spiro atoms. The van der Waals surface area contributed by atoms with Crippen molar-refractivity contribution < 1.29 is 22.7 Å². The van der Waals surface area contributed by atoms with Crippen molar-refractivity contribution in [3.8, 4) is 0 Å². The number of rotatable bonds is 5. The van der Waals surface area contributed by atoms with Crippen molar-refractivity contribution in [2.24, 2.45) is 0 Å². The first-order valence-corrected chi connectivity index (χ1v) is 9.71. The lowest BCUT2D eigenvalue weighted by Gasteiger charge is -2.21. The summed E-state index contributed by atoms with van der Waals surface area (Å²) in [5, 5.41) is 0. The number of fused-ring (bicyclic) bond motifs is 1. The molecule has 136 valence electrons. The van der Waals surface area contributed by atoms with Crippen molar-refractivity contribution in [1.82, 2.24) is 9.97 Å². The van der Waals surface area contributed by atoms with Crippen LogP contribution >= 0.6 is 0 Å². The second-order valence-corrected chi connectivity index (χ2v) is 7.90. The van der Waals surface area contributed by atoms with Gasteiger partial charge in [-0.15, -0.1) is 0 Å². The van der Waals surface area contributed by atoms with Crippen molar-refractivity contribution in [1.29, 1.82) is 0 Å². The zero-order valence-corrected chi connectivity index (χ0v) is 15.1. The van der Waals surface area contributed by atoms with Crippen molar-refractivity contribution in [3.05, 3.63) is 53.6 Å². The van der Waals surface area contributed by atoms with Crippen LogP contribution in [0.5, 0.6) is 0 Å². The number of esters is 1. The van der Waals surface area contributed by atoms with Crippen LogP contribution in [0.4, 0.5) is 5.69 Å². The lowest BCUT2D eigenvalue weighted by Crippen LogP contribution is -2.34. The summed E-state index contributed by atoms with van der Waals surface area (Å²) in [6, 6.07) is 4.58. The number of nitrogens with zero attached hydrogens (tertiary/aromatic N) is 3. The predicted molar refractivity (Wildman–Crippen MR) is 93.6 cm³/mol. The van der Waals surface area contributed by atoms with E-state index in [-0.39, 0.29) is 17.5 Å². The summed E-state index contributed by atoms with van der Waals surface area (Å²) in [5.41, 5.74) is 1.73. The molecular formula is C17H17N3O5S. The van der Waals surface area contributed by atoms with E-state index in [1.54, 1.807) is 12.1 Å². The molecule has 1 atom stereocenters. The van der Waals surface area contributed by atoms with Crippen LogP contribution in [0.2, 0.25) is 0 Å². The first kappa shape index (κ1) is 18.0. The normalized spacial score (nSPS) is 16.2. The zero-order chi connectivity index (χ0) is 18.9. The van der Waals surface area contributed by atoms with E-state index in [4.69, 9.17) is 4.74 Å². The Morgan fingerprint density at radius 1 is 1.31 bits per heavy atom. The van der Waals surface area contributed by atoms with Gasteiger partial charge in [-0.2, -0.15) is 0 Å². The summed E-state index contributed by atoms with van der Waals surface area (Å²) >= 11 is 0. The fourth-order valence-electron chi connectivity index (χ4n) is 2.97. The summed E-state index contributed by atoms with van der Waals surface area (Å²) in [5.74, 6) is -1.11. The number of hydrogen-bond acceptors (Lipinski definition) is 7. The Kier molecular flexibility index (Phi) is 4.73. The van der Waals surface area contributed by atoms with Crippen LogP contribution in [0.15, 0.2) is 36.8 Å². The minimum absolute atomic E-state index is 0.0203. The Balaban J connectivity index is 1.72. The van der Waals surface area contributed by atoms with Gasteiger partial charge in [0.2, 0.25) is 10.0 Å². The number of ether oxygens (including phenoxy) is 1. The van der Waals surface area contributed by atoms with Crippen molar-refractivity contribution in [2.75, 3.05) is 17.2 Å². The average molecular weight is 375 g/mol. The molecule has 0 saturated heterocycles. The van der Waals surface area contributed by atoms with E-state index >= 15 is 0 Å². The third kappa shape index (κ3) is 3.57. The van der Waals surface area contributed by atoms with E-state index in [0.29, 0.717) is 17.7 Å². The minimum Gasteiger partial charge on any atom is -0.453 e. The standard InChI is InChI=1S/C17H17N3O5S/c1-11-7-13-8-12(3-4-15(13)20(11)26(2,23)24)16(21)10-25-17(22)14-9-18-5-6-19-14/h3-6,8-9,11H,7,10H2,1-2H3/t11-/m1/s1. The second kappa shape index (κ2) is 6.83. The molecule has 0 bridgehead atoms. The van der Waals surface area contributed by atoms with Crippen molar-refractivity contribution >= 4 is 27.5 Å². The van der Waals surface area contributed by atoms with Gasteiger partial charge in [0.05, 0.1) is 18.1 Å². The number of benzene rings is 1. The van der Waals surface area contributed by atoms with Crippen LogP contribution in [0.25, 0.3) is 0 Å². The molecule has 1 aromatic carbocycles. The van der Waals surface area contributed by atoms with E-state index in [1.807, 2.05) is 6.92 Å². The largest absolute Gasteiger partial charge is 0.453 e. The topological polar surface area (TPSA) is 107 Å². The summed E-state index contributed by atoms with van der Waals surface area (Å²) in [4.78, 5) is 31.7. The van der Waals surface area contributed by atoms with Crippen LogP contribution in [0.3, 0.4) is 0 Å². The van der Waals surface area contributed by atoms with Crippen molar-refractivity contribution in [2.45, 2.75) is 19.4 Å². The van der Waals surface area contributed by atoms with E-state index in [9.17, 15) is 18.0 Å². The Bertz CT molecular complexity index is 960. The van der Waals surface area contributed by atoms with E-state index in [0.717, 1.165) is 11.8 Å². The maximum Gasteiger partial charge on any atom is 0.358 e. The SMILES string of the molecule is C[C@@H]1Cc2cc(C(=O)COC(=O)c3cnccn3)ccc2N1S(C)(=O)=O. The van der Waals surface area contributed by atoms with E-state index < -0.39 is 22.6 Å². The molecule has 0 unspecified atom stereocenters. The number of carbonyl (C=O) groups is 2. The van der Waals surface area contributed by atoms with Gasteiger partial charge in [-0.1, -0.05) is 0 Å². The van der Waals surface area contributed by atoms with Gasteiger partial charge < -0.3 is 4.74 Å². The molecule has 0 amide bonds. The Labute approximate surface area is 150 Å². The lowest BCUT2D eigenvalue weighted by atomic mass is 10.0. The van der Waals surface area contributed by atoms with Gasteiger partial charge in [-0.25, -0.2) is 18.2 Å². The predicted octanol–water partition coefficient (Wildman–Crippen LogP) is 1.23. The fourth-order valence-corrected chi connectivity index (χ4v) is 4.24. The molecular weight excluding hydrogens is 358 g/mol. The molecule has 1 aromatic heterocycles. The molecule has 1 aliphatic rings. The molecule has 2 aromatic rings. The molecule has 0 radical (unpaired) electrons. The van der Waals surface area contributed by atoms with Gasteiger partial charge in [0.1, 0.15) is 0 Å². The highest BCUT2D eigenvalue weighted by atomic mass is 32.2. The quantitative estimate of drug-likeness (QED) is 0.571. The van der Waals surface area contributed by atoms with Gasteiger partial charge in [0.15, 0.2) is 18.1 Å². The number of sulfonamides is 1. The summed E-state index contributed by atoms with van der Waals surface area (Å²) < 4.78 is 30.2. The number of anilines is 1. The van der Waals surface area contributed by atoms with Gasteiger partial charge in [0, 0.05) is 24.0 Å². The van der Waals surface area contributed by atoms with Gasteiger partial charge in [-0.3, -0.25) is 14.1 Å². The molecule has 0 aliphatic carbocycles. The summed E-state index contributed by atoms with van der Waals surface area (Å²) in [7, 11) is -3.38. The number of Topliss-reactive ketones (excluding diaryl/α,β-unsaturated/α-hetero) is 1. The Morgan fingerprint density at radius 2 is 2.08 bits per heavy atom. The molecule has 8 nitrogen and oxygen atoms in total. The number of hydrogen-bond donors (Lipinski definition) is 0. The first-order valence-electron chi connectivity index (χ1n) is 7.86. The Hall–Kier alpha value is -2.81. The number of aromatic nitrogens is 2. The molecule has 26 heavy (non-hydrogen) atoms. The Morgan fingerprint density at radius 3 is 2.73 bits per heavy atom. The van der Waals surface area contributed by atoms with E-state index in [2.05, 4.69) is 9.97 Å². The molecule has 3 rings (SSSR count). The highest BCUT2D eigenvalue weighted by Gasteiger charge is 2.32. The second-order valence-electron chi connectivity index (χ2n) is 6.05. The average Bonchev–Trinajstić information content (AvgIpc) is 2.95. The monoisotopic (exact) mass is 375 g/mol. The highest BCUT2D eigenvalue weighted by molar-refractivity contribution is 7.92. The third-order valence-corrected chi connectivity index (χ3v) is 5.29. The van der Waals surface area contributed by atoms with Crippen LogP contribution in [0.1, 0.15) is 33.3 Å². The fraction of sp³-hybridized carbons (Fsp3) is 0.294. The van der Waals surface area contributed by atoms with Crippen LogP contribution < -0.4 is 4.31 Å². The third-order valence-electron chi connectivity index (χ3n) is 4.02. The number of carbonyl (C=O) groups excluding carboxylic acids is 2. The maximum atomic E-state index is 12.3. The smallest absolute Gasteiger partial charge is 0.358 e. The van der Waals surface area contributed by atoms with Crippen LogP contribution in [0, 0.1) is 0 Å². The molecule has 9 heteroatoms. The molecule has 0 saturated carbocycles. The maximum absolute atomic E-state index is 12.3. The number of ketones is 1.